The number of benzene rings is 2. The molecule has 2 nitrogen and oxygen atoms in total. The predicted molar refractivity (Wildman–Crippen MR) is 80.0 cm³/mol. The molecule has 0 atom stereocenters. The molecule has 0 aliphatic heterocycles. The standard InChI is InChI=1S/C15H12BrClO2/c1-9-5-3-4-6-12(9)15(18)19-14-10(2)7-11(16)8-13(14)17/h3-8H,1-2H3. The average Bonchev–Trinajstić information content (AvgIpc) is 2.34. The van der Waals surface area contributed by atoms with Crippen LogP contribution in [0.25, 0.3) is 0 Å². The number of hydrogen-bond donors (Lipinski definition) is 0. The molecule has 0 unspecified atom stereocenters. The van der Waals surface area contributed by atoms with Gasteiger partial charge in [-0.05, 0) is 43.2 Å². The first-order valence-corrected chi connectivity index (χ1v) is 6.89. The molecule has 0 radical (unpaired) electrons. The zero-order valence-electron chi connectivity index (χ0n) is 10.5. The molecule has 2 aromatic carbocycles. The van der Waals surface area contributed by atoms with Gasteiger partial charge in [-0.2, -0.15) is 0 Å². The first kappa shape index (κ1) is 14.1. The van der Waals surface area contributed by atoms with E-state index in [1.165, 1.54) is 0 Å². The number of hydrogen-bond acceptors (Lipinski definition) is 2. The maximum Gasteiger partial charge on any atom is 0.343 e. The van der Waals surface area contributed by atoms with Gasteiger partial charge in [-0.15, -0.1) is 0 Å². The first-order valence-electron chi connectivity index (χ1n) is 5.72. The minimum absolute atomic E-state index is 0.398. The lowest BCUT2D eigenvalue weighted by Gasteiger charge is -2.11. The molecule has 0 heterocycles. The molecule has 2 rings (SSSR count). The molecule has 0 aliphatic rings. The number of esters is 1. The van der Waals surface area contributed by atoms with Crippen molar-refractivity contribution in [3.8, 4) is 5.75 Å². The van der Waals surface area contributed by atoms with Crippen LogP contribution in [0.5, 0.6) is 5.75 Å². The van der Waals surface area contributed by atoms with Crippen LogP contribution in [0.15, 0.2) is 40.9 Å². The minimum Gasteiger partial charge on any atom is -0.421 e. The maximum atomic E-state index is 12.1. The second-order valence-electron chi connectivity index (χ2n) is 4.24. The van der Waals surface area contributed by atoms with Crippen LogP contribution in [0.4, 0.5) is 0 Å². The van der Waals surface area contributed by atoms with E-state index >= 15 is 0 Å². The van der Waals surface area contributed by atoms with E-state index in [4.69, 9.17) is 16.3 Å². The molecule has 0 spiro atoms. The predicted octanol–water partition coefficient (Wildman–Crippen LogP) is 4.94. The minimum atomic E-state index is -0.398. The van der Waals surface area contributed by atoms with E-state index in [1.54, 1.807) is 18.2 Å². The quantitative estimate of drug-likeness (QED) is 0.572. The lowest BCUT2D eigenvalue weighted by Crippen LogP contribution is -2.11. The lowest BCUT2D eigenvalue weighted by molar-refractivity contribution is 0.0733. The van der Waals surface area contributed by atoms with Gasteiger partial charge >= 0.3 is 5.97 Å². The third-order valence-corrected chi connectivity index (χ3v) is 3.49. The summed E-state index contributed by atoms with van der Waals surface area (Å²) < 4.78 is 6.26. The summed E-state index contributed by atoms with van der Waals surface area (Å²) in [6, 6.07) is 10.8. The largest absolute Gasteiger partial charge is 0.421 e. The van der Waals surface area contributed by atoms with Crippen molar-refractivity contribution in [1.82, 2.24) is 0 Å². The summed E-state index contributed by atoms with van der Waals surface area (Å²) in [5, 5.41) is 0.411. The Labute approximate surface area is 125 Å². The van der Waals surface area contributed by atoms with E-state index < -0.39 is 5.97 Å². The second-order valence-corrected chi connectivity index (χ2v) is 5.56. The molecular formula is C15H12BrClO2. The molecule has 0 N–H and O–H groups in total. The molecule has 98 valence electrons. The van der Waals surface area contributed by atoms with Crippen LogP contribution in [0.3, 0.4) is 0 Å². The Balaban J connectivity index is 2.32. The summed E-state index contributed by atoms with van der Waals surface area (Å²) in [6.45, 7) is 3.71. The van der Waals surface area contributed by atoms with Crippen molar-refractivity contribution < 1.29 is 9.53 Å². The molecule has 0 fully saturated rings. The Hall–Kier alpha value is -1.32. The van der Waals surface area contributed by atoms with E-state index in [1.807, 2.05) is 32.0 Å². The lowest BCUT2D eigenvalue weighted by atomic mass is 10.1. The highest BCUT2D eigenvalue weighted by molar-refractivity contribution is 9.10. The molecule has 0 saturated carbocycles. The summed E-state index contributed by atoms with van der Waals surface area (Å²) >= 11 is 9.44. The molecule has 19 heavy (non-hydrogen) atoms. The number of ether oxygens (including phenoxy) is 1. The monoisotopic (exact) mass is 338 g/mol. The number of rotatable bonds is 2. The number of halogens is 2. The van der Waals surface area contributed by atoms with Crippen molar-refractivity contribution in [3.05, 3.63) is 62.6 Å². The number of aryl methyl sites for hydroxylation is 2. The van der Waals surface area contributed by atoms with Crippen LogP contribution in [-0.4, -0.2) is 5.97 Å². The van der Waals surface area contributed by atoms with Crippen molar-refractivity contribution in [2.45, 2.75) is 13.8 Å². The van der Waals surface area contributed by atoms with E-state index in [0.717, 1.165) is 15.6 Å². The van der Waals surface area contributed by atoms with Gasteiger partial charge in [-0.25, -0.2) is 4.79 Å². The zero-order valence-corrected chi connectivity index (χ0v) is 12.9. The summed E-state index contributed by atoms with van der Waals surface area (Å²) in [7, 11) is 0. The molecule has 0 aliphatic carbocycles. The Morgan fingerprint density at radius 2 is 1.84 bits per heavy atom. The fourth-order valence-corrected chi connectivity index (χ4v) is 2.78. The third-order valence-electron chi connectivity index (χ3n) is 2.75. The summed E-state index contributed by atoms with van der Waals surface area (Å²) in [5.41, 5.74) is 2.22. The van der Waals surface area contributed by atoms with Gasteiger partial charge in [0.05, 0.1) is 10.6 Å². The van der Waals surface area contributed by atoms with Gasteiger partial charge in [-0.3, -0.25) is 0 Å². The third kappa shape index (κ3) is 3.17. The van der Waals surface area contributed by atoms with Crippen LogP contribution < -0.4 is 4.74 Å². The van der Waals surface area contributed by atoms with Gasteiger partial charge < -0.3 is 4.74 Å². The van der Waals surface area contributed by atoms with Crippen LogP contribution in [0.1, 0.15) is 21.5 Å². The fraction of sp³-hybridized carbons (Fsp3) is 0.133. The molecule has 0 aromatic heterocycles. The van der Waals surface area contributed by atoms with Gasteiger partial charge in [-0.1, -0.05) is 45.7 Å². The summed E-state index contributed by atoms with van der Waals surface area (Å²) in [4.78, 5) is 12.1. The fourth-order valence-electron chi connectivity index (χ4n) is 1.77. The normalized spacial score (nSPS) is 10.3. The summed E-state index contributed by atoms with van der Waals surface area (Å²) in [6.07, 6.45) is 0. The van der Waals surface area contributed by atoms with E-state index in [0.29, 0.717) is 16.3 Å². The molecular weight excluding hydrogens is 328 g/mol. The van der Waals surface area contributed by atoms with Crippen molar-refractivity contribution in [3.63, 3.8) is 0 Å². The molecule has 0 amide bonds. The van der Waals surface area contributed by atoms with Gasteiger partial charge in [0.2, 0.25) is 0 Å². The van der Waals surface area contributed by atoms with E-state index in [9.17, 15) is 4.79 Å². The Bertz CT molecular complexity index is 615. The maximum absolute atomic E-state index is 12.1. The van der Waals surface area contributed by atoms with Crippen LogP contribution in [-0.2, 0) is 0 Å². The molecule has 4 heteroatoms. The Morgan fingerprint density at radius 3 is 2.47 bits per heavy atom. The van der Waals surface area contributed by atoms with Gasteiger partial charge in [0.1, 0.15) is 0 Å². The second kappa shape index (κ2) is 5.76. The highest BCUT2D eigenvalue weighted by Gasteiger charge is 2.15. The smallest absolute Gasteiger partial charge is 0.343 e. The van der Waals surface area contributed by atoms with Gasteiger partial charge in [0, 0.05) is 4.47 Å². The zero-order chi connectivity index (χ0) is 14.0. The van der Waals surface area contributed by atoms with Crippen LogP contribution >= 0.6 is 27.5 Å². The van der Waals surface area contributed by atoms with Crippen molar-refractivity contribution in [2.24, 2.45) is 0 Å². The first-order chi connectivity index (χ1) is 8.99. The highest BCUT2D eigenvalue weighted by Crippen LogP contribution is 2.32. The van der Waals surface area contributed by atoms with Crippen molar-refractivity contribution in [2.75, 3.05) is 0 Å². The van der Waals surface area contributed by atoms with Gasteiger partial charge in [0.25, 0.3) is 0 Å². The average molecular weight is 340 g/mol. The van der Waals surface area contributed by atoms with Crippen LogP contribution in [0, 0.1) is 13.8 Å². The topological polar surface area (TPSA) is 26.3 Å². The van der Waals surface area contributed by atoms with E-state index in [2.05, 4.69) is 15.9 Å². The van der Waals surface area contributed by atoms with Crippen molar-refractivity contribution in [1.29, 1.82) is 0 Å². The Kier molecular flexibility index (Phi) is 4.27. The van der Waals surface area contributed by atoms with Crippen LogP contribution in [0.2, 0.25) is 5.02 Å². The van der Waals surface area contributed by atoms with E-state index in [-0.39, 0.29) is 0 Å². The highest BCUT2D eigenvalue weighted by atomic mass is 79.9. The summed E-state index contributed by atoms with van der Waals surface area (Å²) in [5.74, 6) is 0.00328. The van der Waals surface area contributed by atoms with Gasteiger partial charge in [0.15, 0.2) is 5.75 Å². The molecule has 0 bridgehead atoms. The molecule has 2 aromatic rings. The number of carbonyl (C=O) groups is 1. The Morgan fingerprint density at radius 1 is 1.16 bits per heavy atom. The SMILES string of the molecule is Cc1ccccc1C(=O)Oc1c(C)cc(Br)cc1Cl. The number of carbonyl (C=O) groups excluding carboxylic acids is 1. The molecule has 0 saturated heterocycles. The van der Waals surface area contributed by atoms with Crippen molar-refractivity contribution >= 4 is 33.5 Å².